The maximum atomic E-state index is 4.93. The molecule has 0 aliphatic carbocycles. The molecule has 1 heterocycles. The van der Waals surface area contributed by atoms with Crippen LogP contribution in [-0.2, 0) is 31.7 Å². The topological polar surface area (TPSA) is 0 Å². The molecule has 0 bridgehead atoms. The van der Waals surface area contributed by atoms with E-state index in [-0.39, 0.29) is 10.8 Å². The molecule has 0 fully saturated rings. The van der Waals surface area contributed by atoms with Crippen LogP contribution in [0.3, 0.4) is 0 Å². The molecule has 0 atom stereocenters. The van der Waals surface area contributed by atoms with E-state index in [1.54, 1.807) is 0 Å². The predicted octanol–water partition coefficient (Wildman–Crippen LogP) is 21.4. The van der Waals surface area contributed by atoms with Crippen molar-refractivity contribution in [1.29, 1.82) is 0 Å². The van der Waals surface area contributed by atoms with E-state index in [0.717, 1.165) is 9.52 Å². The zero-order chi connectivity index (χ0) is 56.1. The number of fused-ring (bicyclic) bond motifs is 5. The van der Waals surface area contributed by atoms with Crippen molar-refractivity contribution in [3.63, 3.8) is 0 Å². The minimum atomic E-state index is -0.826. The number of hydrogen-bond donors (Lipinski definition) is 0. The van der Waals surface area contributed by atoms with Crippen molar-refractivity contribution < 1.29 is 20.8 Å². The average molecular weight is 1160 g/mol. The van der Waals surface area contributed by atoms with Gasteiger partial charge in [-0.1, -0.05) is 252 Å². The fourth-order valence-electron chi connectivity index (χ4n) is 10.7. The summed E-state index contributed by atoms with van der Waals surface area (Å²) in [5, 5.41) is 8.19. The van der Waals surface area contributed by atoms with Crippen LogP contribution in [0.25, 0.3) is 77.2 Å². The van der Waals surface area contributed by atoms with Crippen molar-refractivity contribution in [1.82, 2.24) is 0 Å². The van der Waals surface area contributed by atoms with E-state index in [0.29, 0.717) is 23.7 Å². The molecular formula is C74H77Cl2SiZr-3. The number of hydrogen-bond acceptors (Lipinski definition) is 0. The fourth-order valence-corrected chi connectivity index (χ4v) is 12.0. The van der Waals surface area contributed by atoms with Crippen LogP contribution in [0.15, 0.2) is 188 Å². The van der Waals surface area contributed by atoms with Crippen LogP contribution < -0.4 is 10.4 Å². The fraction of sp³-hybridized carbons (Fsp3) is 0.270. The van der Waals surface area contributed by atoms with E-state index >= 15 is 0 Å². The molecule has 0 spiro atoms. The average Bonchev–Trinajstić information content (AvgIpc) is 4.33. The Bertz CT molecular complexity index is 3320. The predicted molar refractivity (Wildman–Crippen MR) is 342 cm³/mol. The van der Waals surface area contributed by atoms with Gasteiger partial charge in [0.1, 0.15) is 0 Å². The molecular weight excluding hydrogens is 1080 g/mol. The van der Waals surface area contributed by atoms with Crippen LogP contribution in [0.2, 0.25) is 0 Å². The van der Waals surface area contributed by atoms with E-state index in [9.17, 15) is 0 Å². The van der Waals surface area contributed by atoms with Gasteiger partial charge in [0.25, 0.3) is 0 Å². The molecule has 0 unspecified atom stereocenters. The molecule has 0 N–H and O–H groups in total. The second kappa shape index (κ2) is 25.4. The molecule has 398 valence electrons. The van der Waals surface area contributed by atoms with Gasteiger partial charge in [0.05, 0.1) is 9.52 Å². The number of rotatable bonds is 8. The maximum Gasteiger partial charge on any atom is 0.0920 e. The molecule has 0 saturated heterocycles. The number of benzene rings is 8. The molecule has 2 radical (unpaired) electrons. The molecule has 10 aromatic carbocycles. The first kappa shape index (κ1) is 58.8. The molecule has 4 heteroatoms. The SMILES string of the molecule is CC(C)c1cc(-c2c(C(C)(C)C)ccc3[cH-]c(-c4ccccc4)cc23)cc(C(C)C)c1.CC(C)c1cc(-c2c(C(C)(C)C)ccc3[cH-]c(-c4ccccc4)cc23)cc(C(C)C)c1.[Cl][Zr][Cl].[c-]1cccc2c1[Si]c1ccccc1-2. The van der Waals surface area contributed by atoms with Crippen LogP contribution in [0, 0.1) is 6.07 Å². The summed E-state index contributed by atoms with van der Waals surface area (Å²) in [6, 6.07) is 72.9. The summed E-state index contributed by atoms with van der Waals surface area (Å²) < 4.78 is 0. The van der Waals surface area contributed by atoms with Gasteiger partial charge in [-0.15, -0.1) is 74.6 Å². The molecule has 1 aliphatic rings. The molecule has 11 rings (SSSR count). The Balaban J connectivity index is 0.000000161. The Morgan fingerprint density at radius 2 is 0.795 bits per heavy atom. The minimum absolute atomic E-state index is 0.0690. The Morgan fingerprint density at radius 3 is 1.18 bits per heavy atom. The van der Waals surface area contributed by atoms with Crippen molar-refractivity contribution in [3.8, 4) is 55.6 Å². The monoisotopic (exact) mass is 1150 g/mol. The smallest absolute Gasteiger partial charge is 0.0920 e. The summed E-state index contributed by atoms with van der Waals surface area (Å²) in [6.45, 7) is 32.3. The number of halogens is 2. The van der Waals surface area contributed by atoms with Gasteiger partial charge in [0, 0.05) is 0 Å². The summed E-state index contributed by atoms with van der Waals surface area (Å²) in [4.78, 5) is 0. The first-order valence-electron chi connectivity index (χ1n) is 27.9. The van der Waals surface area contributed by atoms with E-state index in [2.05, 4.69) is 285 Å². The standard InChI is InChI=1S/2C31H35.C12H7Si.2ClH.Zr/c2*1-20(2)24-16-25(21(3)4)18-27(17-24)30-28-19-26(22-11-9-8-10-12-22)15-23(28)13-14-29(30)31(5,6)7;1-3-7-11-9(5-1)10-6-2-4-8-12(10)13-11;;;/h2*8-21H,1-7H3;1-7H;2*1H;/q3*-1;;;+2/p-2. The summed E-state index contributed by atoms with van der Waals surface area (Å²) in [5.74, 6) is 2.03. The zero-order valence-corrected chi connectivity index (χ0v) is 53.4. The van der Waals surface area contributed by atoms with Gasteiger partial charge in [0.2, 0.25) is 0 Å². The van der Waals surface area contributed by atoms with E-state index < -0.39 is 20.8 Å². The molecule has 0 saturated carbocycles. The molecule has 10 aromatic rings. The maximum absolute atomic E-state index is 4.93. The normalized spacial score (nSPS) is 12.0. The van der Waals surface area contributed by atoms with Gasteiger partial charge in [-0.05, 0) is 90.1 Å². The van der Waals surface area contributed by atoms with Crippen LogP contribution in [0.4, 0.5) is 0 Å². The Labute approximate surface area is 489 Å². The Morgan fingerprint density at radius 1 is 0.423 bits per heavy atom. The summed E-state index contributed by atoms with van der Waals surface area (Å²) in [7, 11) is 10.7. The molecule has 0 amide bonds. The summed E-state index contributed by atoms with van der Waals surface area (Å²) in [6.07, 6.45) is 0. The Kier molecular flexibility index (Phi) is 19.2. The molecule has 0 nitrogen and oxygen atoms in total. The summed E-state index contributed by atoms with van der Waals surface area (Å²) >= 11 is -0.826. The summed E-state index contributed by atoms with van der Waals surface area (Å²) in [5.41, 5.74) is 22.1. The van der Waals surface area contributed by atoms with Crippen molar-refractivity contribution in [3.05, 3.63) is 228 Å². The largest absolute Gasteiger partial charge is 0.184 e. The van der Waals surface area contributed by atoms with Gasteiger partial charge < -0.3 is 0 Å². The van der Waals surface area contributed by atoms with Gasteiger partial charge in [0.15, 0.2) is 0 Å². The second-order valence-electron chi connectivity index (χ2n) is 24.3. The van der Waals surface area contributed by atoms with Crippen LogP contribution in [0.1, 0.15) is 154 Å². The second-order valence-corrected chi connectivity index (χ2v) is 29.3. The van der Waals surface area contributed by atoms with E-state index in [1.165, 1.54) is 121 Å². The first-order valence-corrected chi connectivity index (χ1v) is 35.2. The van der Waals surface area contributed by atoms with Crippen LogP contribution >= 0.6 is 17.0 Å². The van der Waals surface area contributed by atoms with Crippen molar-refractivity contribution in [2.75, 3.05) is 0 Å². The molecule has 78 heavy (non-hydrogen) atoms. The minimum Gasteiger partial charge on any atom is -0.184 e. The third-order valence-electron chi connectivity index (χ3n) is 15.1. The van der Waals surface area contributed by atoms with Gasteiger partial charge in [-0.25, -0.2) is 0 Å². The van der Waals surface area contributed by atoms with Crippen molar-refractivity contribution in [2.24, 2.45) is 0 Å². The van der Waals surface area contributed by atoms with Crippen LogP contribution in [0.5, 0.6) is 0 Å². The van der Waals surface area contributed by atoms with Crippen LogP contribution in [-0.4, -0.2) is 9.52 Å². The third-order valence-corrected chi connectivity index (χ3v) is 16.5. The quantitative estimate of drug-likeness (QED) is 0.105. The Hall–Kier alpha value is -5.34. The zero-order valence-electron chi connectivity index (χ0n) is 48.5. The van der Waals surface area contributed by atoms with E-state index in [4.69, 9.17) is 17.0 Å². The van der Waals surface area contributed by atoms with Crippen molar-refractivity contribution in [2.45, 2.75) is 131 Å². The van der Waals surface area contributed by atoms with Gasteiger partial charge in [-0.3, -0.25) is 0 Å². The molecule has 0 aromatic heterocycles. The van der Waals surface area contributed by atoms with Gasteiger partial charge >= 0.3 is 37.9 Å². The first-order chi connectivity index (χ1) is 37.2. The third kappa shape index (κ3) is 13.6. The van der Waals surface area contributed by atoms with E-state index in [1.807, 2.05) is 6.07 Å². The van der Waals surface area contributed by atoms with Crippen molar-refractivity contribution >= 4 is 58.5 Å². The van der Waals surface area contributed by atoms with Gasteiger partial charge in [-0.2, -0.15) is 29.5 Å². The molecule has 1 aliphatic heterocycles.